The molecule has 0 heterocycles. The molecule has 0 amide bonds. The molecule has 23 heavy (non-hydrogen) atoms. The van der Waals surface area contributed by atoms with Crippen LogP contribution in [0.25, 0.3) is 0 Å². The van der Waals surface area contributed by atoms with Crippen LogP contribution in [0.15, 0.2) is 41.3 Å². The van der Waals surface area contributed by atoms with Gasteiger partial charge in [0.05, 0.1) is 16.1 Å². The summed E-state index contributed by atoms with van der Waals surface area (Å²) in [6.45, 7) is 3.27. The first kappa shape index (κ1) is 17.6. The average molecular weight is 364 g/mol. The Hall–Kier alpha value is -1.73. The molecule has 8 heteroatoms. The predicted octanol–water partition coefficient (Wildman–Crippen LogP) is 4.78. The summed E-state index contributed by atoms with van der Waals surface area (Å²) in [6.07, 6.45) is -4.73. The minimum absolute atomic E-state index is 0.0689. The summed E-state index contributed by atoms with van der Waals surface area (Å²) in [4.78, 5) is -0.0689. The molecule has 0 saturated carbocycles. The number of hydrogen-bond donors (Lipinski definition) is 1. The second kappa shape index (κ2) is 6.05. The zero-order chi connectivity index (χ0) is 17.4. The van der Waals surface area contributed by atoms with Crippen LogP contribution in [0.3, 0.4) is 0 Å². The van der Waals surface area contributed by atoms with Gasteiger partial charge in [0.25, 0.3) is 10.0 Å². The number of benzene rings is 2. The summed E-state index contributed by atoms with van der Waals surface area (Å²) in [5.41, 5.74) is -0.588. The maximum Gasteiger partial charge on any atom is 0.418 e. The maximum absolute atomic E-state index is 13.1. The Balaban J connectivity index is 2.52. The molecule has 0 atom stereocenters. The van der Waals surface area contributed by atoms with E-state index < -0.39 is 27.5 Å². The van der Waals surface area contributed by atoms with E-state index in [4.69, 9.17) is 11.6 Å². The van der Waals surface area contributed by atoms with Gasteiger partial charge in [-0.05, 0) is 49.2 Å². The molecule has 1 N–H and O–H groups in total. The van der Waals surface area contributed by atoms with Gasteiger partial charge in [0.1, 0.15) is 0 Å². The minimum atomic E-state index is -4.73. The van der Waals surface area contributed by atoms with Crippen molar-refractivity contribution in [3.8, 4) is 0 Å². The molecule has 0 aliphatic rings. The van der Waals surface area contributed by atoms with Crippen molar-refractivity contribution < 1.29 is 21.6 Å². The fourth-order valence-corrected chi connectivity index (χ4v) is 3.62. The molecule has 2 rings (SSSR count). The number of halogens is 4. The van der Waals surface area contributed by atoms with Crippen molar-refractivity contribution in [3.63, 3.8) is 0 Å². The predicted molar refractivity (Wildman–Crippen MR) is 83.2 cm³/mol. The lowest BCUT2D eigenvalue weighted by Crippen LogP contribution is -2.18. The Bertz CT molecular complexity index is 848. The maximum atomic E-state index is 13.1. The van der Waals surface area contributed by atoms with Crippen LogP contribution in [0.4, 0.5) is 18.9 Å². The molecule has 2 aromatic rings. The van der Waals surface area contributed by atoms with Gasteiger partial charge < -0.3 is 0 Å². The molecule has 0 aliphatic heterocycles. The first-order valence-corrected chi connectivity index (χ1v) is 8.33. The van der Waals surface area contributed by atoms with Crippen molar-refractivity contribution in [1.82, 2.24) is 0 Å². The number of anilines is 1. The van der Waals surface area contributed by atoms with Crippen LogP contribution in [0.5, 0.6) is 0 Å². The normalized spacial score (nSPS) is 12.3. The summed E-state index contributed by atoms with van der Waals surface area (Å²) in [5, 5.41) is -0.132. The molecule has 0 fully saturated rings. The third kappa shape index (κ3) is 3.97. The minimum Gasteiger partial charge on any atom is -0.279 e. The number of aryl methyl sites for hydroxylation is 2. The monoisotopic (exact) mass is 363 g/mol. The molecule has 0 radical (unpaired) electrons. The molecular weight excluding hydrogens is 351 g/mol. The van der Waals surface area contributed by atoms with E-state index in [-0.39, 0.29) is 9.92 Å². The standard InChI is InChI=1S/C15H13ClF3NO2S/c1-9-3-4-10(2)14(7-9)23(21,22)20-13-6-5-11(16)8-12(13)15(17,18)19/h3-8,20H,1-2H3. The Morgan fingerprint density at radius 3 is 2.30 bits per heavy atom. The van der Waals surface area contributed by atoms with Crippen molar-refractivity contribution in [3.05, 3.63) is 58.1 Å². The quantitative estimate of drug-likeness (QED) is 0.853. The fraction of sp³-hybridized carbons (Fsp3) is 0.200. The zero-order valence-electron chi connectivity index (χ0n) is 12.2. The van der Waals surface area contributed by atoms with Crippen LogP contribution in [0.1, 0.15) is 16.7 Å². The highest BCUT2D eigenvalue weighted by molar-refractivity contribution is 7.92. The second-order valence-corrected chi connectivity index (χ2v) is 7.15. The van der Waals surface area contributed by atoms with E-state index >= 15 is 0 Å². The first-order valence-electron chi connectivity index (χ1n) is 6.47. The van der Waals surface area contributed by atoms with Crippen molar-refractivity contribution in [2.45, 2.75) is 24.9 Å². The summed E-state index contributed by atoms with van der Waals surface area (Å²) >= 11 is 5.58. The number of hydrogen-bond acceptors (Lipinski definition) is 2. The van der Waals surface area contributed by atoms with E-state index in [1.54, 1.807) is 26.0 Å². The van der Waals surface area contributed by atoms with Gasteiger partial charge >= 0.3 is 6.18 Å². The van der Waals surface area contributed by atoms with Crippen molar-refractivity contribution in [1.29, 1.82) is 0 Å². The van der Waals surface area contributed by atoms with Crippen LogP contribution < -0.4 is 4.72 Å². The summed E-state index contributed by atoms with van der Waals surface area (Å²) < 4.78 is 66.0. The lowest BCUT2D eigenvalue weighted by Gasteiger charge is -2.16. The lowest BCUT2D eigenvalue weighted by molar-refractivity contribution is -0.136. The van der Waals surface area contributed by atoms with Gasteiger partial charge in [-0.3, -0.25) is 4.72 Å². The highest BCUT2D eigenvalue weighted by Crippen LogP contribution is 2.37. The molecule has 0 aliphatic carbocycles. The van der Waals surface area contributed by atoms with Crippen molar-refractivity contribution >= 4 is 27.3 Å². The third-order valence-corrected chi connectivity index (χ3v) is 4.91. The van der Waals surface area contributed by atoms with Crippen LogP contribution >= 0.6 is 11.6 Å². The molecule has 3 nitrogen and oxygen atoms in total. The van der Waals surface area contributed by atoms with E-state index in [9.17, 15) is 21.6 Å². The molecule has 0 bridgehead atoms. The third-order valence-electron chi connectivity index (χ3n) is 3.16. The topological polar surface area (TPSA) is 46.2 Å². The summed E-state index contributed by atoms with van der Waals surface area (Å²) in [7, 11) is -4.16. The molecule has 2 aromatic carbocycles. The first-order chi connectivity index (χ1) is 10.5. The Morgan fingerprint density at radius 1 is 1.04 bits per heavy atom. The van der Waals surface area contributed by atoms with E-state index in [2.05, 4.69) is 0 Å². The zero-order valence-corrected chi connectivity index (χ0v) is 13.8. The second-order valence-electron chi connectivity index (χ2n) is 5.06. The molecule has 0 aromatic heterocycles. The van der Waals surface area contributed by atoms with Crippen LogP contribution in [-0.4, -0.2) is 8.42 Å². The van der Waals surface area contributed by atoms with Gasteiger partial charge in [-0.15, -0.1) is 0 Å². The Labute approximate surface area is 137 Å². The largest absolute Gasteiger partial charge is 0.418 e. The van der Waals surface area contributed by atoms with Crippen molar-refractivity contribution in [2.75, 3.05) is 4.72 Å². The highest BCUT2D eigenvalue weighted by Gasteiger charge is 2.35. The van der Waals surface area contributed by atoms with Gasteiger partial charge in [-0.25, -0.2) is 8.42 Å². The van der Waals surface area contributed by atoms with E-state index in [0.717, 1.165) is 6.07 Å². The van der Waals surface area contributed by atoms with Gasteiger partial charge in [-0.1, -0.05) is 23.7 Å². The fourth-order valence-electron chi connectivity index (χ4n) is 2.04. The van der Waals surface area contributed by atoms with Gasteiger partial charge in [0.2, 0.25) is 0 Å². The van der Waals surface area contributed by atoms with Gasteiger partial charge in [0, 0.05) is 5.02 Å². The number of alkyl halides is 3. The number of rotatable bonds is 3. The smallest absolute Gasteiger partial charge is 0.279 e. The van der Waals surface area contributed by atoms with E-state index in [1.807, 2.05) is 4.72 Å². The van der Waals surface area contributed by atoms with Crippen molar-refractivity contribution in [2.24, 2.45) is 0 Å². The molecule has 124 valence electrons. The van der Waals surface area contributed by atoms with E-state index in [0.29, 0.717) is 17.2 Å². The molecule has 0 saturated heterocycles. The molecule has 0 unspecified atom stereocenters. The number of sulfonamides is 1. The summed E-state index contributed by atoms with van der Waals surface area (Å²) in [5.74, 6) is 0. The van der Waals surface area contributed by atoms with Gasteiger partial charge in [0.15, 0.2) is 0 Å². The number of nitrogens with one attached hydrogen (secondary N) is 1. The van der Waals surface area contributed by atoms with Crippen LogP contribution in [0, 0.1) is 13.8 Å². The molecular formula is C15H13ClF3NO2S. The van der Waals surface area contributed by atoms with Gasteiger partial charge in [-0.2, -0.15) is 13.2 Å². The average Bonchev–Trinajstić information content (AvgIpc) is 2.42. The summed E-state index contributed by atoms with van der Waals surface area (Å²) in [6, 6.07) is 7.59. The van der Waals surface area contributed by atoms with E-state index in [1.165, 1.54) is 12.1 Å². The lowest BCUT2D eigenvalue weighted by atomic mass is 10.2. The highest BCUT2D eigenvalue weighted by atomic mass is 35.5. The van der Waals surface area contributed by atoms with Crippen LogP contribution in [-0.2, 0) is 16.2 Å². The SMILES string of the molecule is Cc1ccc(C)c(S(=O)(=O)Nc2ccc(Cl)cc2C(F)(F)F)c1. The van der Waals surface area contributed by atoms with Crippen LogP contribution in [0.2, 0.25) is 5.02 Å². The molecule has 0 spiro atoms. The Morgan fingerprint density at radius 2 is 1.70 bits per heavy atom. The Kier molecular flexibility index (Phi) is 4.64.